The summed E-state index contributed by atoms with van der Waals surface area (Å²) in [5.74, 6) is 0.281. The first kappa shape index (κ1) is 18.7. The number of halogens is 3. The van der Waals surface area contributed by atoms with Gasteiger partial charge in [-0.15, -0.1) is 0 Å². The van der Waals surface area contributed by atoms with Crippen molar-refractivity contribution in [3.63, 3.8) is 0 Å². The molecular formula is C19H16BF3N2O3. The number of benzene rings is 1. The summed E-state index contributed by atoms with van der Waals surface area (Å²) in [5, 5.41) is 10.1. The highest BCUT2D eigenvalue weighted by atomic mass is 19.4. The summed E-state index contributed by atoms with van der Waals surface area (Å²) in [6, 6.07) is 7.65. The number of pyridine rings is 2. The lowest BCUT2D eigenvalue weighted by Crippen LogP contribution is -2.08. The Morgan fingerprint density at radius 2 is 2.04 bits per heavy atom. The Bertz CT molecular complexity index is 1030. The number of aromatic nitrogens is 2. The van der Waals surface area contributed by atoms with Gasteiger partial charge in [0.1, 0.15) is 17.0 Å². The summed E-state index contributed by atoms with van der Waals surface area (Å²) in [5.41, 5.74) is 1.51. The van der Waals surface area contributed by atoms with Gasteiger partial charge in [0.05, 0.1) is 7.11 Å². The summed E-state index contributed by atoms with van der Waals surface area (Å²) in [4.78, 5) is 8.06. The lowest BCUT2D eigenvalue weighted by atomic mass is 9.79. The highest BCUT2D eigenvalue weighted by Crippen LogP contribution is 2.37. The molecule has 1 fully saturated rings. The van der Waals surface area contributed by atoms with Gasteiger partial charge in [-0.25, -0.2) is 4.98 Å². The van der Waals surface area contributed by atoms with Crippen molar-refractivity contribution < 1.29 is 27.6 Å². The molecular weight excluding hydrogens is 372 g/mol. The van der Waals surface area contributed by atoms with Crippen molar-refractivity contribution >= 4 is 18.0 Å². The minimum atomic E-state index is -4.54. The van der Waals surface area contributed by atoms with Gasteiger partial charge >= 0.3 is 13.3 Å². The third-order valence-electron chi connectivity index (χ3n) is 4.85. The molecule has 0 spiro atoms. The van der Waals surface area contributed by atoms with Crippen LogP contribution in [0.1, 0.15) is 17.2 Å². The van der Waals surface area contributed by atoms with Crippen molar-refractivity contribution in [3.8, 4) is 16.9 Å². The van der Waals surface area contributed by atoms with E-state index in [0.717, 1.165) is 17.2 Å². The molecule has 4 rings (SSSR count). The monoisotopic (exact) mass is 388 g/mol. The van der Waals surface area contributed by atoms with E-state index in [1.807, 2.05) is 6.07 Å². The summed E-state index contributed by atoms with van der Waals surface area (Å²) in [6.45, 7) is 0.395. The summed E-state index contributed by atoms with van der Waals surface area (Å²) in [6.07, 6.45) is -0.707. The van der Waals surface area contributed by atoms with Crippen LogP contribution in [0.5, 0.6) is 5.75 Å². The molecule has 0 bridgehead atoms. The topological polar surface area (TPSA) is 64.5 Å². The van der Waals surface area contributed by atoms with Gasteiger partial charge in [0.15, 0.2) is 0 Å². The SMILES string of the molecule is COc1ccc(-c2cncc([C@@H]3COB(O)C3)c2)c2ccc(C(F)(F)F)nc12. The maximum absolute atomic E-state index is 13.1. The molecule has 0 amide bonds. The van der Waals surface area contributed by atoms with Crippen LogP contribution in [-0.4, -0.2) is 35.8 Å². The molecule has 1 aliphatic heterocycles. The molecule has 0 radical (unpaired) electrons. The Labute approximate surface area is 159 Å². The third-order valence-corrected chi connectivity index (χ3v) is 4.85. The molecule has 3 aromatic rings. The summed E-state index contributed by atoms with van der Waals surface area (Å²) >= 11 is 0. The third kappa shape index (κ3) is 3.43. The van der Waals surface area contributed by atoms with Crippen LogP contribution in [0.3, 0.4) is 0 Å². The van der Waals surface area contributed by atoms with Gasteiger partial charge in [0.2, 0.25) is 0 Å². The molecule has 1 aromatic carbocycles. The Morgan fingerprint density at radius 3 is 2.71 bits per heavy atom. The number of methoxy groups -OCH3 is 1. The van der Waals surface area contributed by atoms with Gasteiger partial charge in [0.25, 0.3) is 0 Å². The van der Waals surface area contributed by atoms with E-state index in [1.54, 1.807) is 24.5 Å². The van der Waals surface area contributed by atoms with Gasteiger partial charge in [-0.05, 0) is 47.8 Å². The summed E-state index contributed by atoms with van der Waals surface area (Å²) in [7, 11) is 0.602. The molecule has 0 aliphatic carbocycles. The predicted octanol–water partition coefficient (Wildman–Crippen LogP) is 3.92. The second-order valence-electron chi connectivity index (χ2n) is 6.63. The second kappa shape index (κ2) is 7.07. The van der Waals surface area contributed by atoms with E-state index in [4.69, 9.17) is 9.39 Å². The zero-order chi connectivity index (χ0) is 19.9. The minimum absolute atomic E-state index is 0.0157. The zero-order valence-corrected chi connectivity index (χ0v) is 14.9. The van der Waals surface area contributed by atoms with Crippen LogP contribution < -0.4 is 4.74 Å². The average Bonchev–Trinajstić information content (AvgIpc) is 3.12. The van der Waals surface area contributed by atoms with Crippen LogP contribution in [0, 0.1) is 0 Å². The molecule has 1 N–H and O–H groups in total. The van der Waals surface area contributed by atoms with E-state index in [1.165, 1.54) is 13.2 Å². The molecule has 9 heteroatoms. The fraction of sp³-hybridized carbons (Fsp3) is 0.263. The van der Waals surface area contributed by atoms with Crippen LogP contribution in [0.4, 0.5) is 13.2 Å². The van der Waals surface area contributed by atoms with Gasteiger partial charge in [-0.1, -0.05) is 0 Å². The summed E-state index contributed by atoms with van der Waals surface area (Å²) < 4.78 is 49.7. The zero-order valence-electron chi connectivity index (χ0n) is 14.9. The van der Waals surface area contributed by atoms with Gasteiger partial charge in [0, 0.05) is 35.9 Å². The predicted molar refractivity (Wildman–Crippen MR) is 98.0 cm³/mol. The molecule has 5 nitrogen and oxygen atoms in total. The fourth-order valence-electron chi connectivity index (χ4n) is 3.43. The van der Waals surface area contributed by atoms with Crippen LogP contribution in [-0.2, 0) is 10.8 Å². The molecule has 28 heavy (non-hydrogen) atoms. The molecule has 1 saturated heterocycles. The van der Waals surface area contributed by atoms with Crippen molar-refractivity contribution in [1.29, 1.82) is 0 Å². The van der Waals surface area contributed by atoms with E-state index in [0.29, 0.717) is 23.9 Å². The molecule has 2 aromatic heterocycles. The normalized spacial score (nSPS) is 17.3. The Kier molecular flexibility index (Phi) is 4.72. The van der Waals surface area contributed by atoms with E-state index in [2.05, 4.69) is 9.97 Å². The maximum atomic E-state index is 13.1. The van der Waals surface area contributed by atoms with Crippen LogP contribution in [0.25, 0.3) is 22.0 Å². The first-order valence-corrected chi connectivity index (χ1v) is 8.66. The number of ether oxygens (including phenoxy) is 1. The van der Waals surface area contributed by atoms with Crippen molar-refractivity contribution in [2.24, 2.45) is 0 Å². The van der Waals surface area contributed by atoms with Crippen LogP contribution >= 0.6 is 0 Å². The Morgan fingerprint density at radius 1 is 1.21 bits per heavy atom. The standard InChI is InChI=1S/C19H16BF3N2O3/c1-27-16-4-2-14(15-3-5-17(19(21,22)23)25-18(15)16)12-6-11(8-24-9-12)13-7-20(26)28-10-13/h2-6,8-9,13,26H,7,10H2,1H3/t13-/m0/s1. The maximum Gasteiger partial charge on any atom is 0.454 e. The van der Waals surface area contributed by atoms with Crippen molar-refractivity contribution in [2.75, 3.05) is 13.7 Å². The number of hydrogen-bond donors (Lipinski definition) is 1. The highest BCUT2D eigenvalue weighted by Gasteiger charge is 2.33. The molecule has 0 unspecified atom stereocenters. The first-order chi connectivity index (χ1) is 13.4. The highest BCUT2D eigenvalue weighted by molar-refractivity contribution is 6.43. The smallest absolute Gasteiger partial charge is 0.454 e. The number of nitrogens with zero attached hydrogens (tertiary/aromatic N) is 2. The van der Waals surface area contributed by atoms with E-state index < -0.39 is 19.0 Å². The lowest BCUT2D eigenvalue weighted by Gasteiger charge is -2.14. The fourth-order valence-corrected chi connectivity index (χ4v) is 3.43. The number of rotatable bonds is 3. The van der Waals surface area contributed by atoms with Gasteiger partial charge in [-0.2, -0.15) is 13.2 Å². The van der Waals surface area contributed by atoms with E-state index in [9.17, 15) is 18.2 Å². The minimum Gasteiger partial charge on any atom is -0.494 e. The quantitative estimate of drug-likeness (QED) is 0.690. The lowest BCUT2D eigenvalue weighted by molar-refractivity contribution is -0.140. The molecule has 144 valence electrons. The molecule has 3 heterocycles. The van der Waals surface area contributed by atoms with Gasteiger partial charge in [-0.3, -0.25) is 4.98 Å². The largest absolute Gasteiger partial charge is 0.494 e. The first-order valence-electron chi connectivity index (χ1n) is 8.66. The Hall–Kier alpha value is -2.65. The number of hydrogen-bond acceptors (Lipinski definition) is 5. The van der Waals surface area contributed by atoms with E-state index in [-0.39, 0.29) is 17.2 Å². The van der Waals surface area contributed by atoms with Crippen molar-refractivity contribution in [3.05, 3.63) is 54.0 Å². The Balaban J connectivity index is 1.83. The van der Waals surface area contributed by atoms with Crippen molar-refractivity contribution in [1.82, 2.24) is 9.97 Å². The average molecular weight is 388 g/mol. The van der Waals surface area contributed by atoms with Gasteiger partial charge < -0.3 is 14.4 Å². The van der Waals surface area contributed by atoms with E-state index >= 15 is 0 Å². The number of fused-ring (bicyclic) bond motifs is 1. The molecule has 1 atom stereocenters. The van der Waals surface area contributed by atoms with Crippen LogP contribution in [0.2, 0.25) is 6.32 Å². The molecule has 0 saturated carbocycles. The second-order valence-corrected chi connectivity index (χ2v) is 6.63. The number of alkyl halides is 3. The van der Waals surface area contributed by atoms with Crippen LogP contribution in [0.15, 0.2) is 42.7 Å². The molecule has 1 aliphatic rings. The van der Waals surface area contributed by atoms with Crippen molar-refractivity contribution in [2.45, 2.75) is 18.4 Å².